The van der Waals surface area contributed by atoms with Crippen molar-refractivity contribution in [3.63, 3.8) is 0 Å². The number of pyridine rings is 1. The van der Waals surface area contributed by atoms with E-state index in [4.69, 9.17) is 4.74 Å². The normalized spacial score (nSPS) is 16.8. The summed E-state index contributed by atoms with van der Waals surface area (Å²) in [7, 11) is 1.67. The van der Waals surface area contributed by atoms with Gasteiger partial charge in [0.25, 0.3) is 5.91 Å². The Bertz CT molecular complexity index is 858. The molecule has 1 aliphatic rings. The molecular weight excluding hydrogens is 328 g/mol. The molecule has 1 aromatic carbocycles. The lowest BCUT2D eigenvalue weighted by molar-refractivity contribution is -0.115. The average molecular weight is 352 g/mol. The number of methoxy groups -OCH3 is 1. The standard InChI is InChI=1S/C20H24N4O2/c1-13(2)9-16(12-26-3)22-20-23-18(19(25)24-20)11-14-6-7-17-15(10-14)5-4-8-21-17/h4-8,10-11,13,16H,9,12H2,1-3H3,(H2,22,23,24,25)/b18-11-. The smallest absolute Gasteiger partial charge is 0.276 e. The Kier molecular flexibility index (Phi) is 5.63. The first-order chi connectivity index (χ1) is 12.5. The van der Waals surface area contributed by atoms with Crippen LogP contribution in [-0.4, -0.2) is 36.6 Å². The van der Waals surface area contributed by atoms with Crippen LogP contribution < -0.4 is 10.6 Å². The number of hydrogen-bond donors (Lipinski definition) is 2. The molecule has 2 aromatic rings. The largest absolute Gasteiger partial charge is 0.383 e. The van der Waals surface area contributed by atoms with Crippen LogP contribution in [-0.2, 0) is 9.53 Å². The van der Waals surface area contributed by atoms with Gasteiger partial charge in [-0.2, -0.15) is 0 Å². The molecule has 0 saturated heterocycles. The number of aliphatic imine (C=N–C) groups is 1. The number of carbonyl (C=O) groups is 1. The third-order valence-corrected chi connectivity index (χ3v) is 4.09. The zero-order valence-electron chi connectivity index (χ0n) is 15.3. The fraction of sp³-hybridized carbons (Fsp3) is 0.350. The fourth-order valence-electron chi connectivity index (χ4n) is 3.01. The number of nitrogens with one attached hydrogen (secondary N) is 2. The van der Waals surface area contributed by atoms with Crippen LogP contribution in [0.1, 0.15) is 25.8 Å². The van der Waals surface area contributed by atoms with Crippen molar-refractivity contribution in [2.45, 2.75) is 26.3 Å². The molecule has 0 aliphatic carbocycles. The SMILES string of the molecule is COCC(CC(C)C)NC1=N/C(=C\c2ccc3ncccc3c2)C(=O)N1. The van der Waals surface area contributed by atoms with E-state index >= 15 is 0 Å². The van der Waals surface area contributed by atoms with Gasteiger partial charge in [0.05, 0.1) is 18.2 Å². The number of fused-ring (bicyclic) bond motifs is 1. The minimum atomic E-state index is -0.209. The zero-order valence-corrected chi connectivity index (χ0v) is 15.3. The molecular formula is C20H24N4O2. The summed E-state index contributed by atoms with van der Waals surface area (Å²) in [4.78, 5) is 21.0. The van der Waals surface area contributed by atoms with Gasteiger partial charge >= 0.3 is 0 Å². The Morgan fingerprint density at radius 1 is 1.31 bits per heavy atom. The number of ether oxygens (including phenoxy) is 1. The molecule has 26 heavy (non-hydrogen) atoms. The first-order valence-electron chi connectivity index (χ1n) is 8.77. The number of benzene rings is 1. The number of hydrogen-bond acceptors (Lipinski definition) is 5. The second kappa shape index (κ2) is 8.10. The Morgan fingerprint density at radius 2 is 2.15 bits per heavy atom. The molecule has 0 saturated carbocycles. The van der Waals surface area contributed by atoms with Crippen LogP contribution >= 0.6 is 0 Å². The van der Waals surface area contributed by atoms with Crippen molar-refractivity contribution in [2.75, 3.05) is 13.7 Å². The maximum atomic E-state index is 12.2. The predicted octanol–water partition coefficient (Wildman–Crippen LogP) is 2.71. The third-order valence-electron chi connectivity index (χ3n) is 4.09. The van der Waals surface area contributed by atoms with E-state index < -0.39 is 0 Å². The van der Waals surface area contributed by atoms with Gasteiger partial charge in [-0.05, 0) is 42.2 Å². The summed E-state index contributed by atoms with van der Waals surface area (Å²) in [5, 5.41) is 7.08. The van der Waals surface area contributed by atoms with Gasteiger partial charge in [0.15, 0.2) is 0 Å². The van der Waals surface area contributed by atoms with Crippen molar-refractivity contribution in [2.24, 2.45) is 10.9 Å². The predicted molar refractivity (Wildman–Crippen MR) is 104 cm³/mol. The van der Waals surface area contributed by atoms with E-state index in [1.807, 2.05) is 30.3 Å². The Balaban J connectivity index is 1.78. The highest BCUT2D eigenvalue weighted by Gasteiger charge is 2.22. The van der Waals surface area contributed by atoms with Crippen molar-refractivity contribution in [3.05, 3.63) is 47.8 Å². The second-order valence-corrected chi connectivity index (χ2v) is 6.83. The molecule has 136 valence electrons. The molecule has 6 nitrogen and oxygen atoms in total. The maximum absolute atomic E-state index is 12.2. The maximum Gasteiger partial charge on any atom is 0.276 e. The first kappa shape index (κ1) is 18.1. The molecule has 0 radical (unpaired) electrons. The molecule has 1 aliphatic heterocycles. The lowest BCUT2D eigenvalue weighted by atomic mass is 10.0. The monoisotopic (exact) mass is 352 g/mol. The molecule has 1 aromatic heterocycles. The lowest BCUT2D eigenvalue weighted by Crippen LogP contribution is -2.45. The van der Waals surface area contributed by atoms with Gasteiger partial charge in [0.2, 0.25) is 5.96 Å². The van der Waals surface area contributed by atoms with Crippen LogP contribution in [0.5, 0.6) is 0 Å². The van der Waals surface area contributed by atoms with Gasteiger partial charge < -0.3 is 10.1 Å². The number of carbonyl (C=O) groups excluding carboxylic acids is 1. The highest BCUT2D eigenvalue weighted by molar-refractivity contribution is 6.13. The molecule has 6 heteroatoms. The molecule has 0 spiro atoms. The van der Waals surface area contributed by atoms with E-state index in [2.05, 4.69) is 34.5 Å². The first-order valence-corrected chi connectivity index (χ1v) is 8.77. The highest BCUT2D eigenvalue weighted by Crippen LogP contribution is 2.17. The molecule has 0 bridgehead atoms. The van der Waals surface area contributed by atoms with Crippen LogP contribution in [0.2, 0.25) is 0 Å². The summed E-state index contributed by atoms with van der Waals surface area (Å²) < 4.78 is 5.25. The molecule has 2 heterocycles. The Labute approximate surface area is 153 Å². The van der Waals surface area contributed by atoms with Crippen LogP contribution in [0.15, 0.2) is 47.2 Å². The van der Waals surface area contributed by atoms with E-state index in [0.717, 1.165) is 22.9 Å². The minimum absolute atomic E-state index is 0.102. The molecule has 1 amide bonds. The number of guanidine groups is 1. The summed E-state index contributed by atoms with van der Waals surface area (Å²) in [6.07, 6.45) is 4.48. The van der Waals surface area contributed by atoms with Crippen molar-refractivity contribution in [1.29, 1.82) is 0 Å². The van der Waals surface area contributed by atoms with Crippen molar-refractivity contribution >= 4 is 28.8 Å². The van der Waals surface area contributed by atoms with Crippen LogP contribution in [0.25, 0.3) is 17.0 Å². The van der Waals surface area contributed by atoms with Crippen LogP contribution in [0, 0.1) is 5.92 Å². The number of aromatic nitrogens is 1. The van der Waals surface area contributed by atoms with Crippen molar-refractivity contribution < 1.29 is 9.53 Å². The van der Waals surface area contributed by atoms with E-state index in [-0.39, 0.29) is 11.9 Å². The van der Waals surface area contributed by atoms with Crippen molar-refractivity contribution in [3.8, 4) is 0 Å². The van der Waals surface area contributed by atoms with Gasteiger partial charge in [-0.25, -0.2) is 4.99 Å². The second-order valence-electron chi connectivity index (χ2n) is 6.83. The molecule has 2 N–H and O–H groups in total. The quantitative estimate of drug-likeness (QED) is 0.784. The average Bonchev–Trinajstić information content (AvgIpc) is 2.93. The van der Waals surface area contributed by atoms with E-state index in [9.17, 15) is 4.79 Å². The molecule has 1 atom stereocenters. The Hall–Kier alpha value is -2.73. The number of amides is 1. The topological polar surface area (TPSA) is 75.6 Å². The summed E-state index contributed by atoms with van der Waals surface area (Å²) in [5.41, 5.74) is 2.22. The summed E-state index contributed by atoms with van der Waals surface area (Å²) >= 11 is 0. The molecule has 1 unspecified atom stereocenters. The van der Waals surface area contributed by atoms with Gasteiger partial charge in [-0.15, -0.1) is 0 Å². The van der Waals surface area contributed by atoms with Crippen molar-refractivity contribution in [1.82, 2.24) is 15.6 Å². The zero-order chi connectivity index (χ0) is 18.5. The van der Waals surface area contributed by atoms with Gasteiger partial charge in [0.1, 0.15) is 5.70 Å². The lowest BCUT2D eigenvalue weighted by Gasteiger charge is -2.20. The van der Waals surface area contributed by atoms with Gasteiger partial charge in [0, 0.05) is 18.7 Å². The van der Waals surface area contributed by atoms with Gasteiger partial charge in [-0.3, -0.25) is 15.1 Å². The number of rotatable bonds is 6. The van der Waals surface area contributed by atoms with E-state index in [0.29, 0.717) is 24.2 Å². The van der Waals surface area contributed by atoms with Gasteiger partial charge in [-0.1, -0.05) is 26.0 Å². The van der Waals surface area contributed by atoms with Crippen LogP contribution in [0.3, 0.4) is 0 Å². The Morgan fingerprint density at radius 3 is 2.92 bits per heavy atom. The van der Waals surface area contributed by atoms with E-state index in [1.165, 1.54) is 0 Å². The fourth-order valence-corrected chi connectivity index (χ4v) is 3.01. The summed E-state index contributed by atoms with van der Waals surface area (Å²) in [6, 6.07) is 9.86. The molecule has 0 fully saturated rings. The minimum Gasteiger partial charge on any atom is -0.383 e. The molecule has 3 rings (SSSR count). The summed E-state index contributed by atoms with van der Waals surface area (Å²) in [5.74, 6) is 0.785. The third kappa shape index (κ3) is 4.46. The summed E-state index contributed by atoms with van der Waals surface area (Å²) in [6.45, 7) is 4.86. The highest BCUT2D eigenvalue weighted by atomic mass is 16.5. The number of nitrogens with zero attached hydrogens (tertiary/aromatic N) is 2. The van der Waals surface area contributed by atoms with Crippen LogP contribution in [0.4, 0.5) is 0 Å². The van der Waals surface area contributed by atoms with E-state index in [1.54, 1.807) is 19.4 Å².